The van der Waals surface area contributed by atoms with Gasteiger partial charge in [0.15, 0.2) is 5.60 Å². The zero-order valence-corrected chi connectivity index (χ0v) is 11.5. The van der Waals surface area contributed by atoms with Crippen molar-refractivity contribution in [2.75, 3.05) is 0 Å². The second-order valence-corrected chi connectivity index (χ2v) is 4.85. The van der Waals surface area contributed by atoms with Gasteiger partial charge in [-0.2, -0.15) is 0 Å². The molecule has 1 atom stereocenters. The normalized spacial score (nSPS) is 13.7. The van der Waals surface area contributed by atoms with Crippen LogP contribution in [0.15, 0.2) is 54.6 Å². The van der Waals surface area contributed by atoms with Gasteiger partial charge in [-0.1, -0.05) is 67.9 Å². The molecule has 0 aliphatic carbocycles. The first-order valence-corrected chi connectivity index (χ1v) is 6.77. The lowest BCUT2D eigenvalue weighted by molar-refractivity contribution is -0.133. The summed E-state index contributed by atoms with van der Waals surface area (Å²) < 4.78 is 0. The summed E-state index contributed by atoms with van der Waals surface area (Å²) in [4.78, 5) is 12.0. The van der Waals surface area contributed by atoms with Crippen LogP contribution >= 0.6 is 0 Å². The molecule has 20 heavy (non-hydrogen) atoms. The van der Waals surface area contributed by atoms with E-state index in [0.29, 0.717) is 11.1 Å². The van der Waals surface area contributed by atoms with E-state index in [0.717, 1.165) is 18.4 Å². The molecule has 0 bridgehead atoms. The number of carbonyl (C=O) groups is 1. The largest absolute Gasteiger partial charge is 0.372 e. The van der Waals surface area contributed by atoms with Crippen molar-refractivity contribution in [3.8, 4) is 0 Å². The predicted octanol–water partition coefficient (Wildman–Crippen LogP) is 2.36. The standard InChI is InChI=1S/C17H19NO2/c1-2-8-13-9-6-7-12-15(13)17(20,16(18)19)14-10-4-3-5-11-14/h3-7,9-12,20H,2,8H2,1H3,(H2,18,19). The van der Waals surface area contributed by atoms with Gasteiger partial charge in [0.2, 0.25) is 0 Å². The highest BCUT2D eigenvalue weighted by Crippen LogP contribution is 2.32. The summed E-state index contributed by atoms with van der Waals surface area (Å²) in [5.41, 5.74) is 5.74. The third-order valence-corrected chi connectivity index (χ3v) is 3.47. The first kappa shape index (κ1) is 14.3. The van der Waals surface area contributed by atoms with Crippen LogP contribution in [-0.4, -0.2) is 11.0 Å². The molecule has 3 nitrogen and oxygen atoms in total. The summed E-state index contributed by atoms with van der Waals surface area (Å²) in [6.07, 6.45) is 1.72. The SMILES string of the molecule is CCCc1ccccc1C(O)(C(N)=O)c1ccccc1. The average Bonchev–Trinajstić information content (AvgIpc) is 2.48. The molecule has 3 N–H and O–H groups in total. The maximum Gasteiger partial charge on any atom is 0.258 e. The number of carbonyl (C=O) groups excluding carboxylic acids is 1. The molecule has 2 aromatic rings. The molecule has 2 aromatic carbocycles. The Bertz CT molecular complexity index is 595. The Morgan fingerprint density at radius 1 is 1.10 bits per heavy atom. The maximum absolute atomic E-state index is 12.0. The lowest BCUT2D eigenvalue weighted by Gasteiger charge is -2.28. The average molecular weight is 269 g/mol. The Morgan fingerprint density at radius 3 is 2.30 bits per heavy atom. The van der Waals surface area contributed by atoms with E-state index in [-0.39, 0.29) is 0 Å². The van der Waals surface area contributed by atoms with Crippen molar-refractivity contribution in [3.05, 3.63) is 71.3 Å². The molecule has 0 saturated carbocycles. The molecule has 0 spiro atoms. The van der Waals surface area contributed by atoms with Crippen LogP contribution in [0.2, 0.25) is 0 Å². The van der Waals surface area contributed by atoms with Gasteiger partial charge in [-0.25, -0.2) is 0 Å². The molecule has 0 heterocycles. The minimum absolute atomic E-state index is 0.496. The van der Waals surface area contributed by atoms with E-state index in [4.69, 9.17) is 5.73 Å². The van der Waals surface area contributed by atoms with Crippen LogP contribution in [0.5, 0.6) is 0 Å². The molecular weight excluding hydrogens is 250 g/mol. The first-order valence-electron chi connectivity index (χ1n) is 6.77. The fraction of sp³-hybridized carbons (Fsp3) is 0.235. The second-order valence-electron chi connectivity index (χ2n) is 4.85. The van der Waals surface area contributed by atoms with Gasteiger partial charge in [-0.15, -0.1) is 0 Å². The Labute approximate surface area is 119 Å². The lowest BCUT2D eigenvalue weighted by Crippen LogP contribution is -2.42. The van der Waals surface area contributed by atoms with E-state index in [1.54, 1.807) is 30.3 Å². The Hall–Kier alpha value is -2.13. The maximum atomic E-state index is 12.0. The van der Waals surface area contributed by atoms with Crippen molar-refractivity contribution in [3.63, 3.8) is 0 Å². The van der Waals surface area contributed by atoms with Gasteiger partial charge >= 0.3 is 0 Å². The third-order valence-electron chi connectivity index (χ3n) is 3.47. The quantitative estimate of drug-likeness (QED) is 0.875. The molecule has 0 saturated heterocycles. The topological polar surface area (TPSA) is 63.3 Å². The molecule has 104 valence electrons. The lowest BCUT2D eigenvalue weighted by atomic mass is 9.82. The second kappa shape index (κ2) is 5.88. The van der Waals surface area contributed by atoms with Crippen LogP contribution in [0, 0.1) is 0 Å². The molecular formula is C17H19NO2. The summed E-state index contributed by atoms with van der Waals surface area (Å²) in [6.45, 7) is 2.06. The molecule has 2 rings (SSSR count). The Balaban J connectivity index is 2.63. The fourth-order valence-electron chi connectivity index (χ4n) is 2.47. The number of nitrogens with two attached hydrogens (primary N) is 1. The van der Waals surface area contributed by atoms with Gasteiger partial charge in [-0.3, -0.25) is 4.79 Å². The van der Waals surface area contributed by atoms with Crippen LogP contribution in [0.25, 0.3) is 0 Å². The van der Waals surface area contributed by atoms with Crippen molar-refractivity contribution in [2.45, 2.75) is 25.4 Å². The minimum atomic E-state index is -1.78. The van der Waals surface area contributed by atoms with Crippen molar-refractivity contribution in [1.29, 1.82) is 0 Å². The highest BCUT2D eigenvalue weighted by atomic mass is 16.3. The molecule has 0 aliphatic heterocycles. The van der Waals surface area contributed by atoms with Gasteiger partial charge in [-0.05, 0) is 17.5 Å². The monoisotopic (exact) mass is 269 g/mol. The van der Waals surface area contributed by atoms with Crippen LogP contribution in [0.3, 0.4) is 0 Å². The summed E-state index contributed by atoms with van der Waals surface area (Å²) in [5, 5.41) is 11.0. The highest BCUT2D eigenvalue weighted by molar-refractivity contribution is 5.89. The number of amides is 1. The van der Waals surface area contributed by atoms with Crippen LogP contribution in [0.4, 0.5) is 0 Å². The summed E-state index contributed by atoms with van der Waals surface area (Å²) in [7, 11) is 0. The van der Waals surface area contributed by atoms with E-state index in [9.17, 15) is 9.90 Å². The van der Waals surface area contributed by atoms with Gasteiger partial charge in [0.25, 0.3) is 5.91 Å². The molecule has 0 aromatic heterocycles. The van der Waals surface area contributed by atoms with E-state index < -0.39 is 11.5 Å². The van der Waals surface area contributed by atoms with E-state index in [2.05, 4.69) is 6.92 Å². The van der Waals surface area contributed by atoms with E-state index >= 15 is 0 Å². The number of hydrogen-bond acceptors (Lipinski definition) is 2. The van der Waals surface area contributed by atoms with Crippen molar-refractivity contribution >= 4 is 5.91 Å². The predicted molar refractivity (Wildman–Crippen MR) is 79.1 cm³/mol. The number of aryl methyl sites for hydroxylation is 1. The number of primary amides is 1. The van der Waals surface area contributed by atoms with Gasteiger partial charge in [0.05, 0.1) is 0 Å². The van der Waals surface area contributed by atoms with Crippen molar-refractivity contribution in [1.82, 2.24) is 0 Å². The number of benzene rings is 2. The molecule has 0 aliphatic rings. The van der Waals surface area contributed by atoms with Crippen molar-refractivity contribution < 1.29 is 9.90 Å². The Kier molecular flexibility index (Phi) is 4.20. The smallest absolute Gasteiger partial charge is 0.258 e. The molecule has 0 fully saturated rings. The van der Waals surface area contributed by atoms with Gasteiger partial charge < -0.3 is 10.8 Å². The summed E-state index contributed by atoms with van der Waals surface area (Å²) >= 11 is 0. The zero-order valence-electron chi connectivity index (χ0n) is 11.5. The number of aliphatic hydroxyl groups is 1. The Morgan fingerprint density at radius 2 is 1.70 bits per heavy atom. The third kappa shape index (κ3) is 2.45. The molecule has 1 amide bonds. The minimum Gasteiger partial charge on any atom is -0.372 e. The summed E-state index contributed by atoms with van der Waals surface area (Å²) in [6, 6.07) is 16.2. The van der Waals surface area contributed by atoms with Gasteiger partial charge in [0, 0.05) is 5.56 Å². The molecule has 0 radical (unpaired) electrons. The van der Waals surface area contributed by atoms with E-state index in [1.807, 2.05) is 24.3 Å². The molecule has 1 unspecified atom stereocenters. The molecule has 3 heteroatoms. The van der Waals surface area contributed by atoms with Crippen molar-refractivity contribution in [2.24, 2.45) is 5.73 Å². The van der Waals surface area contributed by atoms with E-state index in [1.165, 1.54) is 0 Å². The highest BCUT2D eigenvalue weighted by Gasteiger charge is 2.39. The zero-order chi connectivity index (χ0) is 14.6. The van der Waals surface area contributed by atoms with Gasteiger partial charge in [0.1, 0.15) is 0 Å². The van der Waals surface area contributed by atoms with Crippen LogP contribution < -0.4 is 5.73 Å². The number of hydrogen-bond donors (Lipinski definition) is 2. The van der Waals surface area contributed by atoms with Crippen LogP contribution in [0.1, 0.15) is 30.0 Å². The number of rotatable bonds is 5. The summed E-state index contributed by atoms with van der Waals surface area (Å²) in [5.74, 6) is -0.757. The fourth-order valence-corrected chi connectivity index (χ4v) is 2.47. The van der Waals surface area contributed by atoms with Crippen LogP contribution in [-0.2, 0) is 16.8 Å². The first-order chi connectivity index (χ1) is 9.60.